The number of hydrogen-bond donors (Lipinski definition) is 1. The number of thiazole rings is 1. The topological polar surface area (TPSA) is 37.5 Å². The van der Waals surface area contributed by atoms with Gasteiger partial charge in [0.25, 0.3) is 0 Å². The van der Waals surface area contributed by atoms with E-state index in [1.165, 1.54) is 0 Å². The lowest BCUT2D eigenvalue weighted by Gasteiger charge is -2.02. The van der Waals surface area contributed by atoms with E-state index in [0.717, 1.165) is 32.4 Å². The predicted octanol–water partition coefficient (Wildman–Crippen LogP) is 4.88. The molecule has 0 unspecified atom stereocenters. The van der Waals surface area contributed by atoms with Crippen LogP contribution in [0.15, 0.2) is 60.8 Å². The number of aromatic nitrogens is 2. The number of aliphatic hydroxyl groups excluding tert-OH is 1. The van der Waals surface area contributed by atoms with Gasteiger partial charge in [0.15, 0.2) is 4.96 Å². The molecule has 0 atom stereocenters. The fraction of sp³-hybridized carbons (Fsp3) is 0.0556. The van der Waals surface area contributed by atoms with Gasteiger partial charge in [-0.05, 0) is 17.7 Å². The van der Waals surface area contributed by atoms with E-state index in [4.69, 9.17) is 16.6 Å². The summed E-state index contributed by atoms with van der Waals surface area (Å²) in [7, 11) is 0. The Balaban J connectivity index is 1.85. The average molecular weight is 341 g/mol. The standard InChI is InChI=1S/C18H13ClN2OS/c19-14-8-6-13(7-9-14)17-15(11-22)21-10-16(23-18(21)20-17)12-4-2-1-3-5-12/h1-10,22H,11H2. The summed E-state index contributed by atoms with van der Waals surface area (Å²) in [4.78, 5) is 6.71. The van der Waals surface area contributed by atoms with Gasteiger partial charge in [0.05, 0.1) is 22.9 Å². The molecule has 114 valence electrons. The number of imidazole rings is 1. The Morgan fingerprint density at radius 1 is 1.00 bits per heavy atom. The Bertz CT molecular complexity index is 958. The highest BCUT2D eigenvalue weighted by Crippen LogP contribution is 2.33. The fourth-order valence-corrected chi connectivity index (χ4v) is 3.75. The van der Waals surface area contributed by atoms with E-state index >= 15 is 0 Å². The van der Waals surface area contributed by atoms with Crippen molar-refractivity contribution in [3.05, 3.63) is 71.5 Å². The van der Waals surface area contributed by atoms with E-state index in [9.17, 15) is 5.11 Å². The summed E-state index contributed by atoms with van der Waals surface area (Å²) in [6.07, 6.45) is 2.04. The first kappa shape index (κ1) is 14.5. The Labute approximate surface area is 142 Å². The summed E-state index contributed by atoms with van der Waals surface area (Å²) in [6.45, 7) is -0.0654. The molecule has 0 bridgehead atoms. The number of rotatable bonds is 3. The van der Waals surface area contributed by atoms with Gasteiger partial charge in [0, 0.05) is 16.8 Å². The van der Waals surface area contributed by atoms with Crippen molar-refractivity contribution in [1.82, 2.24) is 9.38 Å². The molecule has 0 aliphatic rings. The second kappa shape index (κ2) is 5.81. The molecule has 0 saturated carbocycles. The van der Waals surface area contributed by atoms with Gasteiger partial charge in [-0.2, -0.15) is 0 Å². The number of nitrogens with zero attached hydrogens (tertiary/aromatic N) is 2. The van der Waals surface area contributed by atoms with Crippen molar-refractivity contribution in [3.8, 4) is 21.7 Å². The molecular weight excluding hydrogens is 328 g/mol. The summed E-state index contributed by atoms with van der Waals surface area (Å²) in [5.74, 6) is 0. The molecule has 0 amide bonds. The minimum atomic E-state index is -0.0654. The zero-order valence-electron chi connectivity index (χ0n) is 12.1. The Kier molecular flexibility index (Phi) is 3.65. The van der Waals surface area contributed by atoms with Crippen molar-refractivity contribution in [3.63, 3.8) is 0 Å². The van der Waals surface area contributed by atoms with Gasteiger partial charge >= 0.3 is 0 Å². The van der Waals surface area contributed by atoms with Crippen LogP contribution in [0.25, 0.3) is 26.7 Å². The van der Waals surface area contributed by atoms with Crippen LogP contribution in [0.3, 0.4) is 0 Å². The molecule has 0 fully saturated rings. The van der Waals surface area contributed by atoms with Crippen molar-refractivity contribution in [2.45, 2.75) is 6.61 Å². The third-order valence-corrected chi connectivity index (χ3v) is 5.03. The maximum absolute atomic E-state index is 9.82. The molecule has 4 aromatic rings. The molecule has 4 rings (SSSR count). The van der Waals surface area contributed by atoms with Crippen LogP contribution in [-0.2, 0) is 6.61 Å². The van der Waals surface area contributed by atoms with Crippen LogP contribution in [0.2, 0.25) is 5.02 Å². The number of halogens is 1. The Morgan fingerprint density at radius 3 is 2.43 bits per heavy atom. The van der Waals surface area contributed by atoms with Crippen LogP contribution >= 0.6 is 22.9 Å². The highest BCUT2D eigenvalue weighted by Gasteiger charge is 2.16. The molecule has 5 heteroatoms. The van der Waals surface area contributed by atoms with Crippen molar-refractivity contribution in [1.29, 1.82) is 0 Å². The first-order valence-corrected chi connectivity index (χ1v) is 8.38. The van der Waals surface area contributed by atoms with Gasteiger partial charge < -0.3 is 5.11 Å². The molecule has 2 aromatic carbocycles. The molecule has 23 heavy (non-hydrogen) atoms. The largest absolute Gasteiger partial charge is 0.390 e. The monoisotopic (exact) mass is 340 g/mol. The Morgan fingerprint density at radius 2 is 1.74 bits per heavy atom. The SMILES string of the molecule is OCc1c(-c2ccc(Cl)cc2)nc2sc(-c3ccccc3)cn12. The van der Waals surface area contributed by atoms with Gasteiger partial charge in [-0.3, -0.25) is 4.40 Å². The molecule has 0 aliphatic heterocycles. The lowest BCUT2D eigenvalue weighted by molar-refractivity contribution is 0.276. The van der Waals surface area contributed by atoms with Gasteiger partial charge in [-0.1, -0.05) is 65.4 Å². The highest BCUT2D eigenvalue weighted by atomic mass is 35.5. The van der Waals surface area contributed by atoms with E-state index in [1.807, 2.05) is 53.1 Å². The van der Waals surface area contributed by atoms with Crippen molar-refractivity contribution < 1.29 is 5.11 Å². The lowest BCUT2D eigenvalue weighted by Crippen LogP contribution is -1.92. The minimum absolute atomic E-state index is 0.0654. The lowest BCUT2D eigenvalue weighted by atomic mass is 10.1. The van der Waals surface area contributed by atoms with Crippen LogP contribution in [0, 0.1) is 0 Å². The number of benzene rings is 2. The quantitative estimate of drug-likeness (QED) is 0.577. The predicted molar refractivity (Wildman–Crippen MR) is 94.9 cm³/mol. The molecular formula is C18H13ClN2OS. The number of hydrogen-bond acceptors (Lipinski definition) is 3. The third kappa shape index (κ3) is 2.55. The van der Waals surface area contributed by atoms with Gasteiger partial charge in [0.1, 0.15) is 0 Å². The van der Waals surface area contributed by atoms with Crippen LogP contribution in [-0.4, -0.2) is 14.5 Å². The second-order valence-electron chi connectivity index (χ2n) is 5.19. The van der Waals surface area contributed by atoms with E-state index in [1.54, 1.807) is 11.3 Å². The van der Waals surface area contributed by atoms with E-state index < -0.39 is 0 Å². The van der Waals surface area contributed by atoms with Crippen LogP contribution < -0.4 is 0 Å². The minimum Gasteiger partial charge on any atom is -0.390 e. The molecule has 2 aromatic heterocycles. The maximum atomic E-state index is 9.82. The van der Waals surface area contributed by atoms with Crippen LogP contribution in [0.4, 0.5) is 0 Å². The molecule has 0 saturated heterocycles. The van der Waals surface area contributed by atoms with E-state index in [-0.39, 0.29) is 6.61 Å². The van der Waals surface area contributed by atoms with Crippen LogP contribution in [0.1, 0.15) is 5.69 Å². The van der Waals surface area contributed by atoms with Crippen molar-refractivity contribution >= 4 is 27.9 Å². The Hall–Kier alpha value is -2.14. The van der Waals surface area contributed by atoms with E-state index in [2.05, 4.69) is 12.1 Å². The zero-order chi connectivity index (χ0) is 15.8. The van der Waals surface area contributed by atoms with Crippen molar-refractivity contribution in [2.24, 2.45) is 0 Å². The molecule has 0 spiro atoms. The summed E-state index contributed by atoms with van der Waals surface area (Å²) in [6, 6.07) is 17.7. The zero-order valence-corrected chi connectivity index (χ0v) is 13.7. The summed E-state index contributed by atoms with van der Waals surface area (Å²) in [5, 5.41) is 10.5. The summed E-state index contributed by atoms with van der Waals surface area (Å²) < 4.78 is 1.97. The first-order chi connectivity index (χ1) is 11.3. The number of fused-ring (bicyclic) bond motifs is 1. The molecule has 0 aliphatic carbocycles. The second-order valence-corrected chi connectivity index (χ2v) is 6.63. The number of aliphatic hydroxyl groups is 1. The van der Waals surface area contributed by atoms with Gasteiger partial charge in [0.2, 0.25) is 0 Å². The normalized spacial score (nSPS) is 11.2. The maximum Gasteiger partial charge on any atom is 0.195 e. The van der Waals surface area contributed by atoms with Gasteiger partial charge in [-0.25, -0.2) is 4.98 Å². The molecule has 0 radical (unpaired) electrons. The van der Waals surface area contributed by atoms with Crippen molar-refractivity contribution in [2.75, 3.05) is 0 Å². The van der Waals surface area contributed by atoms with Gasteiger partial charge in [-0.15, -0.1) is 0 Å². The average Bonchev–Trinajstić information content (AvgIpc) is 3.14. The molecule has 2 heterocycles. The fourth-order valence-electron chi connectivity index (χ4n) is 2.62. The highest BCUT2D eigenvalue weighted by molar-refractivity contribution is 7.20. The first-order valence-electron chi connectivity index (χ1n) is 7.19. The summed E-state index contributed by atoms with van der Waals surface area (Å²) >= 11 is 7.56. The molecule has 3 nitrogen and oxygen atoms in total. The smallest absolute Gasteiger partial charge is 0.195 e. The molecule has 1 N–H and O–H groups in total. The van der Waals surface area contributed by atoms with E-state index in [0.29, 0.717) is 5.02 Å². The van der Waals surface area contributed by atoms with Crippen LogP contribution in [0.5, 0.6) is 0 Å². The third-order valence-electron chi connectivity index (χ3n) is 3.75. The summed E-state index contributed by atoms with van der Waals surface area (Å²) in [5.41, 5.74) is 3.70.